The first-order valence-corrected chi connectivity index (χ1v) is 6.48. The molecule has 0 aromatic heterocycles. The molecule has 0 spiro atoms. The fraction of sp³-hybridized carbons (Fsp3) is 0.462. The van der Waals surface area contributed by atoms with Crippen molar-refractivity contribution >= 4 is 34.8 Å². The molecular formula is C13H18Cl2N2O. The van der Waals surface area contributed by atoms with E-state index in [0.29, 0.717) is 15.7 Å². The average molecular weight is 289 g/mol. The van der Waals surface area contributed by atoms with Crippen LogP contribution in [0.1, 0.15) is 27.7 Å². The third-order valence-electron chi connectivity index (χ3n) is 2.19. The summed E-state index contributed by atoms with van der Waals surface area (Å²) in [6.45, 7) is 7.60. The lowest BCUT2D eigenvalue weighted by Crippen LogP contribution is -2.47. The van der Waals surface area contributed by atoms with E-state index in [1.165, 1.54) is 0 Å². The van der Waals surface area contributed by atoms with E-state index < -0.39 is 0 Å². The summed E-state index contributed by atoms with van der Waals surface area (Å²) < 4.78 is 0. The number of hydrogen-bond acceptors (Lipinski definition) is 2. The molecule has 0 heterocycles. The second-order valence-electron chi connectivity index (χ2n) is 5.23. The molecule has 0 aliphatic rings. The molecule has 0 aliphatic carbocycles. The summed E-state index contributed by atoms with van der Waals surface area (Å²) in [5.41, 5.74) is 0.439. The Morgan fingerprint density at radius 3 is 2.39 bits per heavy atom. The smallest absolute Gasteiger partial charge is 0.242 e. The van der Waals surface area contributed by atoms with E-state index in [-0.39, 0.29) is 17.5 Å². The number of amides is 1. The minimum Gasteiger partial charge on any atom is -0.373 e. The van der Waals surface area contributed by atoms with Crippen LogP contribution in [0, 0.1) is 0 Å². The van der Waals surface area contributed by atoms with Crippen molar-refractivity contribution in [2.75, 3.05) is 5.32 Å². The summed E-state index contributed by atoms with van der Waals surface area (Å²) in [6, 6.07) is 4.75. The summed E-state index contributed by atoms with van der Waals surface area (Å²) in [5.74, 6) is -0.0754. The molecule has 1 amide bonds. The Morgan fingerprint density at radius 1 is 1.28 bits per heavy atom. The molecule has 18 heavy (non-hydrogen) atoms. The maximum absolute atomic E-state index is 11.9. The molecule has 1 aromatic carbocycles. The third-order valence-corrected chi connectivity index (χ3v) is 2.74. The normalized spacial score (nSPS) is 13.0. The van der Waals surface area contributed by atoms with Gasteiger partial charge in [-0.15, -0.1) is 0 Å². The van der Waals surface area contributed by atoms with Crippen LogP contribution < -0.4 is 10.6 Å². The van der Waals surface area contributed by atoms with Gasteiger partial charge in [-0.2, -0.15) is 0 Å². The lowest BCUT2D eigenvalue weighted by Gasteiger charge is -2.24. The van der Waals surface area contributed by atoms with Gasteiger partial charge in [-0.05, 0) is 45.9 Å². The quantitative estimate of drug-likeness (QED) is 0.890. The Hall–Kier alpha value is -0.930. The van der Waals surface area contributed by atoms with Gasteiger partial charge in [-0.25, -0.2) is 0 Å². The Bertz CT molecular complexity index is 441. The predicted molar refractivity (Wildman–Crippen MR) is 77.4 cm³/mol. The van der Waals surface area contributed by atoms with Crippen molar-refractivity contribution in [3.8, 4) is 0 Å². The van der Waals surface area contributed by atoms with Crippen molar-refractivity contribution in [3.63, 3.8) is 0 Å². The van der Waals surface area contributed by atoms with Gasteiger partial charge in [0, 0.05) is 10.6 Å². The first-order chi connectivity index (χ1) is 8.19. The highest BCUT2D eigenvalue weighted by molar-refractivity contribution is 6.36. The number of carbonyl (C=O) groups is 1. The molecular weight excluding hydrogens is 271 g/mol. The van der Waals surface area contributed by atoms with Crippen molar-refractivity contribution in [1.29, 1.82) is 0 Å². The molecule has 2 N–H and O–H groups in total. The van der Waals surface area contributed by atoms with Crippen LogP contribution in [0.4, 0.5) is 5.69 Å². The van der Waals surface area contributed by atoms with Gasteiger partial charge in [-0.1, -0.05) is 23.2 Å². The molecule has 3 nitrogen and oxygen atoms in total. The summed E-state index contributed by atoms with van der Waals surface area (Å²) in [5, 5.41) is 7.02. The van der Waals surface area contributed by atoms with Gasteiger partial charge in [0.05, 0.1) is 10.7 Å². The topological polar surface area (TPSA) is 41.1 Å². The second-order valence-corrected chi connectivity index (χ2v) is 6.07. The number of anilines is 1. The lowest BCUT2D eigenvalue weighted by atomic mass is 10.1. The van der Waals surface area contributed by atoms with Crippen LogP contribution in [0.3, 0.4) is 0 Å². The molecule has 0 aliphatic heterocycles. The van der Waals surface area contributed by atoms with Crippen LogP contribution in [-0.4, -0.2) is 17.5 Å². The van der Waals surface area contributed by atoms with E-state index in [0.717, 1.165) is 0 Å². The largest absolute Gasteiger partial charge is 0.373 e. The van der Waals surface area contributed by atoms with E-state index in [1.54, 1.807) is 25.1 Å². The van der Waals surface area contributed by atoms with Gasteiger partial charge < -0.3 is 10.6 Å². The molecule has 5 heteroatoms. The molecule has 100 valence electrons. The minimum atomic E-state index is -0.372. The van der Waals surface area contributed by atoms with Gasteiger partial charge in [0.1, 0.15) is 6.04 Å². The van der Waals surface area contributed by atoms with Crippen molar-refractivity contribution in [2.45, 2.75) is 39.3 Å². The highest BCUT2D eigenvalue weighted by Crippen LogP contribution is 2.25. The van der Waals surface area contributed by atoms with Crippen LogP contribution in [0.5, 0.6) is 0 Å². The Labute approximate surface area is 118 Å². The van der Waals surface area contributed by atoms with Gasteiger partial charge in [0.2, 0.25) is 5.91 Å². The van der Waals surface area contributed by atoms with Crippen molar-refractivity contribution in [1.82, 2.24) is 5.32 Å². The van der Waals surface area contributed by atoms with Gasteiger partial charge in [-0.3, -0.25) is 4.79 Å². The number of halogens is 2. The zero-order valence-corrected chi connectivity index (χ0v) is 12.5. The number of carbonyl (C=O) groups excluding carboxylic acids is 1. The number of nitrogens with one attached hydrogen (secondary N) is 2. The van der Waals surface area contributed by atoms with Crippen molar-refractivity contribution in [3.05, 3.63) is 28.2 Å². The third kappa shape index (κ3) is 4.75. The zero-order valence-electron chi connectivity index (χ0n) is 11.0. The monoisotopic (exact) mass is 288 g/mol. The van der Waals surface area contributed by atoms with Crippen LogP contribution in [0.2, 0.25) is 10.0 Å². The molecule has 1 atom stereocenters. The highest BCUT2D eigenvalue weighted by atomic mass is 35.5. The molecule has 1 unspecified atom stereocenters. The zero-order chi connectivity index (χ0) is 13.9. The molecule has 0 saturated carbocycles. The van der Waals surface area contributed by atoms with E-state index >= 15 is 0 Å². The summed E-state index contributed by atoms with van der Waals surface area (Å²) in [4.78, 5) is 11.9. The standard InChI is InChI=1S/C13H18Cl2N2O/c1-8(12(18)17-13(2,3)4)16-11-6-5-9(14)7-10(11)15/h5-8,16H,1-4H3,(H,17,18). The Morgan fingerprint density at radius 2 is 1.89 bits per heavy atom. The lowest BCUT2D eigenvalue weighted by molar-refractivity contribution is -0.122. The van der Waals surface area contributed by atoms with E-state index in [1.807, 2.05) is 20.8 Å². The van der Waals surface area contributed by atoms with Crippen LogP contribution in [0.25, 0.3) is 0 Å². The minimum absolute atomic E-state index is 0.0754. The van der Waals surface area contributed by atoms with Gasteiger partial charge in [0.25, 0.3) is 0 Å². The van der Waals surface area contributed by atoms with Crippen LogP contribution in [0.15, 0.2) is 18.2 Å². The first-order valence-electron chi connectivity index (χ1n) is 5.72. The molecule has 1 rings (SSSR count). The maximum atomic E-state index is 11.9. The molecule has 0 radical (unpaired) electrons. The molecule has 0 fully saturated rings. The van der Waals surface area contributed by atoms with E-state index in [4.69, 9.17) is 23.2 Å². The fourth-order valence-electron chi connectivity index (χ4n) is 1.38. The van der Waals surface area contributed by atoms with Crippen LogP contribution in [-0.2, 0) is 4.79 Å². The number of rotatable bonds is 3. The Balaban J connectivity index is 2.69. The van der Waals surface area contributed by atoms with Gasteiger partial charge >= 0.3 is 0 Å². The Kier molecular flexibility index (Phi) is 4.88. The average Bonchev–Trinajstić information content (AvgIpc) is 2.19. The molecule has 1 aromatic rings. The number of hydrogen-bond donors (Lipinski definition) is 2. The maximum Gasteiger partial charge on any atom is 0.242 e. The van der Waals surface area contributed by atoms with E-state index in [2.05, 4.69) is 10.6 Å². The van der Waals surface area contributed by atoms with Crippen molar-refractivity contribution < 1.29 is 4.79 Å². The summed E-state index contributed by atoms with van der Waals surface area (Å²) >= 11 is 11.8. The highest BCUT2D eigenvalue weighted by Gasteiger charge is 2.19. The molecule has 0 bridgehead atoms. The summed E-state index contributed by atoms with van der Waals surface area (Å²) in [6.07, 6.45) is 0. The fourth-order valence-corrected chi connectivity index (χ4v) is 1.85. The van der Waals surface area contributed by atoms with Crippen molar-refractivity contribution in [2.24, 2.45) is 0 Å². The SMILES string of the molecule is CC(Nc1ccc(Cl)cc1Cl)C(=O)NC(C)(C)C. The molecule has 0 saturated heterocycles. The van der Waals surface area contributed by atoms with Gasteiger partial charge in [0.15, 0.2) is 0 Å². The summed E-state index contributed by atoms with van der Waals surface area (Å²) in [7, 11) is 0. The number of benzene rings is 1. The predicted octanol–water partition coefficient (Wildman–Crippen LogP) is 3.71. The second kappa shape index (κ2) is 5.81. The van der Waals surface area contributed by atoms with Crippen LogP contribution >= 0.6 is 23.2 Å². The first kappa shape index (κ1) is 15.1. The van der Waals surface area contributed by atoms with E-state index in [9.17, 15) is 4.79 Å².